The maximum atomic E-state index is 12.9. The number of carboxylic acid groups (broad SMARTS) is 1. The van der Waals surface area contributed by atoms with E-state index in [0.29, 0.717) is 24.8 Å². The number of alkyl halides is 2. The van der Waals surface area contributed by atoms with E-state index >= 15 is 0 Å². The zero-order valence-corrected chi connectivity index (χ0v) is 25.1. The van der Waals surface area contributed by atoms with Crippen molar-refractivity contribution in [3.05, 3.63) is 17.8 Å². The summed E-state index contributed by atoms with van der Waals surface area (Å²) < 4.78 is 31.4. The number of anilines is 1. The number of unbranched alkanes of at least 4 members (excludes halogenated alkanes) is 6. The number of urea groups is 1. The number of primary amides is 1. The van der Waals surface area contributed by atoms with Crippen molar-refractivity contribution in [2.45, 2.75) is 89.0 Å². The molecule has 0 atom stereocenters. The average Bonchev–Trinajstić information content (AvgIpc) is 3.76. The first-order valence-electron chi connectivity index (χ1n) is 15.0. The Hall–Kier alpha value is -2.34. The predicted octanol–water partition coefficient (Wildman–Crippen LogP) is 5.28. The van der Waals surface area contributed by atoms with Crippen LogP contribution in [-0.2, 0) is 0 Å². The highest BCUT2D eigenvalue weighted by atomic mass is 32.2. The van der Waals surface area contributed by atoms with Crippen molar-refractivity contribution < 1.29 is 28.2 Å². The zero-order chi connectivity index (χ0) is 29.7. The van der Waals surface area contributed by atoms with Crippen LogP contribution in [0.3, 0.4) is 0 Å². The van der Waals surface area contributed by atoms with Gasteiger partial charge in [0.25, 0.3) is 5.92 Å². The van der Waals surface area contributed by atoms with Crippen molar-refractivity contribution in [1.29, 1.82) is 0 Å². The van der Waals surface area contributed by atoms with Gasteiger partial charge in [0.2, 0.25) is 5.88 Å². The molecule has 5 N–H and O–H groups in total. The minimum atomic E-state index is -2.70. The number of nitrogens with one attached hydrogen (secondary N) is 2. The molecule has 0 unspecified atom stereocenters. The summed E-state index contributed by atoms with van der Waals surface area (Å²) in [7, 11) is 0. The molecular weight excluding hydrogens is 552 g/mol. The number of rotatable bonds is 16. The van der Waals surface area contributed by atoms with E-state index in [9.17, 15) is 18.4 Å². The first kappa shape index (κ1) is 33.2. The van der Waals surface area contributed by atoms with Crippen molar-refractivity contribution in [2.24, 2.45) is 11.7 Å². The number of nitrogens with two attached hydrogens (primary N) is 1. The van der Waals surface area contributed by atoms with Crippen LogP contribution in [0.4, 0.5) is 19.3 Å². The second-order valence-corrected chi connectivity index (χ2v) is 12.7. The Morgan fingerprint density at radius 3 is 2.37 bits per heavy atom. The summed E-state index contributed by atoms with van der Waals surface area (Å²) in [5.41, 5.74) is 5.58. The van der Waals surface area contributed by atoms with E-state index in [0.717, 1.165) is 32.2 Å². The van der Waals surface area contributed by atoms with Gasteiger partial charge in [0.15, 0.2) is 5.69 Å². The number of aromatic nitrogens is 1. The molecule has 1 aliphatic carbocycles. The van der Waals surface area contributed by atoms with Gasteiger partial charge < -0.3 is 31.1 Å². The number of halogens is 2. The van der Waals surface area contributed by atoms with Gasteiger partial charge in [-0.1, -0.05) is 45.4 Å². The molecule has 232 valence electrons. The molecule has 0 aromatic carbocycles. The van der Waals surface area contributed by atoms with E-state index in [1.807, 2.05) is 11.8 Å². The van der Waals surface area contributed by atoms with E-state index in [2.05, 4.69) is 22.5 Å². The fourth-order valence-corrected chi connectivity index (χ4v) is 6.21. The van der Waals surface area contributed by atoms with E-state index in [4.69, 9.17) is 15.6 Å². The number of aromatic carboxylic acids is 1. The maximum absolute atomic E-state index is 12.9. The number of carboxylic acids is 1. The fraction of sp³-hybridized carbons (Fsp3) is 0.759. The number of ether oxygens (including phenoxy) is 1. The molecule has 4 rings (SSSR count). The Kier molecular flexibility index (Phi) is 13.2. The number of hydrogen-bond acceptors (Lipinski definition) is 7. The molecule has 3 fully saturated rings. The van der Waals surface area contributed by atoms with Gasteiger partial charge in [-0.05, 0) is 68.2 Å². The number of carbonyl (C=O) groups is 2. The van der Waals surface area contributed by atoms with Crippen molar-refractivity contribution in [2.75, 3.05) is 49.2 Å². The van der Waals surface area contributed by atoms with Crippen LogP contribution >= 0.6 is 11.8 Å². The number of amides is 2. The summed E-state index contributed by atoms with van der Waals surface area (Å²) in [6.07, 6.45) is 13.7. The first-order chi connectivity index (χ1) is 19.6. The zero-order valence-electron chi connectivity index (χ0n) is 24.3. The fourth-order valence-electron chi connectivity index (χ4n) is 4.93. The van der Waals surface area contributed by atoms with Gasteiger partial charge in [0.1, 0.15) is 5.69 Å². The molecule has 1 aromatic rings. The molecule has 2 amide bonds. The SMILES string of the molecule is CCCCCCCCCNC1(CNC(N)=O)CCSCC1.O=C(O)c1ccc(N2CC(F)(F)C2)c(OCC2CC2)n1. The molecule has 0 radical (unpaired) electrons. The highest BCUT2D eigenvalue weighted by Crippen LogP contribution is 2.38. The molecule has 2 aliphatic heterocycles. The lowest BCUT2D eigenvalue weighted by Gasteiger charge is -2.40. The molecular formula is C29H47F2N5O4S. The number of carbonyl (C=O) groups excluding carboxylic acids is 1. The normalized spacial score (nSPS) is 19.0. The van der Waals surface area contributed by atoms with Crippen LogP contribution in [0.15, 0.2) is 12.1 Å². The summed E-state index contributed by atoms with van der Waals surface area (Å²) in [6, 6.07) is 2.37. The molecule has 3 aliphatic rings. The smallest absolute Gasteiger partial charge is 0.354 e. The van der Waals surface area contributed by atoms with Crippen LogP contribution in [0.1, 0.15) is 88.0 Å². The van der Waals surface area contributed by atoms with Crippen molar-refractivity contribution in [1.82, 2.24) is 15.6 Å². The Labute approximate surface area is 246 Å². The molecule has 3 heterocycles. The van der Waals surface area contributed by atoms with E-state index < -0.39 is 17.9 Å². The van der Waals surface area contributed by atoms with Crippen LogP contribution in [0, 0.1) is 5.92 Å². The summed E-state index contributed by atoms with van der Waals surface area (Å²) in [5.74, 6) is -0.918. The van der Waals surface area contributed by atoms with E-state index in [1.54, 1.807) is 0 Å². The van der Waals surface area contributed by atoms with Crippen LogP contribution in [0.2, 0.25) is 0 Å². The van der Waals surface area contributed by atoms with Crippen LogP contribution in [0.25, 0.3) is 0 Å². The van der Waals surface area contributed by atoms with Crippen molar-refractivity contribution >= 4 is 29.4 Å². The lowest BCUT2D eigenvalue weighted by Crippen LogP contribution is -2.56. The molecule has 0 bridgehead atoms. The molecule has 12 heteroatoms. The van der Waals surface area contributed by atoms with E-state index in [-0.39, 0.29) is 30.2 Å². The van der Waals surface area contributed by atoms with Crippen LogP contribution in [0.5, 0.6) is 5.88 Å². The third-order valence-corrected chi connectivity index (χ3v) is 8.71. The molecule has 41 heavy (non-hydrogen) atoms. The van der Waals surface area contributed by atoms with Gasteiger partial charge in [-0.2, -0.15) is 11.8 Å². The van der Waals surface area contributed by atoms with Gasteiger partial charge in [-0.15, -0.1) is 0 Å². The predicted molar refractivity (Wildman–Crippen MR) is 159 cm³/mol. The summed E-state index contributed by atoms with van der Waals surface area (Å²) in [6.45, 7) is 3.65. The minimum absolute atomic E-state index is 0.0719. The highest BCUT2D eigenvalue weighted by Gasteiger charge is 2.45. The summed E-state index contributed by atoms with van der Waals surface area (Å²) in [5, 5.41) is 15.4. The van der Waals surface area contributed by atoms with Crippen LogP contribution < -0.4 is 26.0 Å². The number of pyridine rings is 1. The van der Waals surface area contributed by atoms with Gasteiger partial charge in [0, 0.05) is 12.1 Å². The summed E-state index contributed by atoms with van der Waals surface area (Å²) in [4.78, 5) is 27.2. The Bertz CT molecular complexity index is 969. The van der Waals surface area contributed by atoms with Gasteiger partial charge in [0.05, 0.1) is 19.7 Å². The largest absolute Gasteiger partial charge is 0.477 e. The van der Waals surface area contributed by atoms with E-state index in [1.165, 1.54) is 73.5 Å². The minimum Gasteiger partial charge on any atom is -0.477 e. The monoisotopic (exact) mass is 599 g/mol. The standard InChI is InChI=1S/C16H33N3OS.C13H14F2N2O3/c1-2-3-4-5-6-7-8-11-19-16(14-18-15(17)20)9-12-21-13-10-16;14-13(15)6-17(7-13)10-4-3-9(12(18)19)16-11(10)20-5-8-1-2-8/h19H,2-14H2,1H3,(H3,17,18,20);3-4,8H,1-2,5-7H2,(H,18,19). The number of hydrogen-bond donors (Lipinski definition) is 4. The van der Waals surface area contributed by atoms with Gasteiger partial charge in [-0.25, -0.2) is 23.4 Å². The Balaban J connectivity index is 0.000000225. The topological polar surface area (TPSA) is 130 Å². The third kappa shape index (κ3) is 11.8. The number of nitrogens with zero attached hydrogens (tertiary/aromatic N) is 2. The van der Waals surface area contributed by atoms with Crippen LogP contribution in [-0.4, -0.2) is 77.8 Å². The highest BCUT2D eigenvalue weighted by molar-refractivity contribution is 7.99. The first-order valence-corrected chi connectivity index (χ1v) is 16.1. The molecule has 1 aromatic heterocycles. The molecule has 1 saturated carbocycles. The van der Waals surface area contributed by atoms with Gasteiger partial charge in [-0.3, -0.25) is 0 Å². The second kappa shape index (κ2) is 16.3. The third-order valence-electron chi connectivity index (χ3n) is 7.73. The molecule has 9 nitrogen and oxygen atoms in total. The average molecular weight is 600 g/mol. The summed E-state index contributed by atoms with van der Waals surface area (Å²) >= 11 is 2.00. The molecule has 0 spiro atoms. The maximum Gasteiger partial charge on any atom is 0.354 e. The lowest BCUT2D eigenvalue weighted by molar-refractivity contribution is -0.0265. The van der Waals surface area contributed by atoms with Crippen molar-refractivity contribution in [3.8, 4) is 5.88 Å². The Morgan fingerprint density at radius 2 is 1.78 bits per heavy atom. The lowest BCUT2D eigenvalue weighted by atomic mass is 9.91. The second-order valence-electron chi connectivity index (χ2n) is 11.5. The van der Waals surface area contributed by atoms with Crippen molar-refractivity contribution in [3.63, 3.8) is 0 Å². The van der Waals surface area contributed by atoms with Gasteiger partial charge >= 0.3 is 12.0 Å². The number of thioether (sulfide) groups is 1. The molecule has 2 saturated heterocycles. The quantitative estimate of drug-likeness (QED) is 0.189. The Morgan fingerprint density at radius 1 is 1.12 bits per heavy atom.